The number of anilines is 1. The van der Waals surface area contributed by atoms with Gasteiger partial charge in [0.05, 0.1) is 0 Å². The molecular weight excluding hydrogens is 268 g/mol. The number of hydrogen-bond donors (Lipinski definition) is 2. The number of amides is 2. The van der Waals surface area contributed by atoms with Gasteiger partial charge in [-0.05, 0) is 37.6 Å². The van der Waals surface area contributed by atoms with E-state index in [1.165, 1.54) is 6.08 Å². The monoisotopic (exact) mass is 288 g/mol. The summed E-state index contributed by atoms with van der Waals surface area (Å²) in [5, 5.41) is 11.4. The van der Waals surface area contributed by atoms with E-state index in [4.69, 9.17) is 5.11 Å². The molecule has 0 aliphatic rings. The minimum absolute atomic E-state index is 0.0538. The Bertz CT molecular complexity index is 550. The van der Waals surface area contributed by atoms with Crippen molar-refractivity contribution in [2.45, 2.75) is 19.9 Å². The molecule has 0 aliphatic heterocycles. The van der Waals surface area contributed by atoms with Gasteiger partial charge in [-0.2, -0.15) is 0 Å². The third-order valence-electron chi connectivity index (χ3n) is 2.77. The number of carboxylic acids is 1. The summed E-state index contributed by atoms with van der Waals surface area (Å²) in [4.78, 5) is 24.3. The summed E-state index contributed by atoms with van der Waals surface area (Å²) in [6.45, 7) is 7.95. The van der Waals surface area contributed by atoms with E-state index >= 15 is 0 Å². The summed E-state index contributed by atoms with van der Waals surface area (Å²) in [6.07, 6.45) is 4.20. The van der Waals surface area contributed by atoms with Crippen LogP contribution in [0.1, 0.15) is 19.4 Å². The Hall–Kier alpha value is -2.56. The Labute approximate surface area is 124 Å². The molecule has 5 heteroatoms. The van der Waals surface area contributed by atoms with Gasteiger partial charge in [0.1, 0.15) is 0 Å². The van der Waals surface area contributed by atoms with Gasteiger partial charge >= 0.3 is 12.0 Å². The van der Waals surface area contributed by atoms with Crippen LogP contribution in [0, 0.1) is 0 Å². The smallest absolute Gasteiger partial charge is 0.328 e. The maximum Gasteiger partial charge on any atom is 0.328 e. The first-order valence-electron chi connectivity index (χ1n) is 6.63. The van der Waals surface area contributed by atoms with Crippen LogP contribution in [0.15, 0.2) is 43.0 Å². The molecule has 0 heterocycles. The predicted molar refractivity (Wildman–Crippen MR) is 84.2 cm³/mol. The van der Waals surface area contributed by atoms with E-state index in [0.29, 0.717) is 17.8 Å². The molecule has 0 unspecified atom stereocenters. The fourth-order valence-corrected chi connectivity index (χ4v) is 1.75. The van der Waals surface area contributed by atoms with Crippen molar-refractivity contribution in [2.75, 3.05) is 11.9 Å². The van der Waals surface area contributed by atoms with Crippen molar-refractivity contribution in [3.63, 3.8) is 0 Å². The molecule has 0 saturated carbocycles. The molecule has 2 N–H and O–H groups in total. The Balaban J connectivity index is 2.82. The number of carbonyl (C=O) groups excluding carboxylic acids is 1. The molecule has 1 aromatic rings. The zero-order valence-corrected chi connectivity index (χ0v) is 12.2. The molecule has 0 aliphatic carbocycles. The van der Waals surface area contributed by atoms with Crippen LogP contribution in [-0.4, -0.2) is 34.6 Å². The molecule has 0 bridgehead atoms. The first-order chi connectivity index (χ1) is 9.93. The van der Waals surface area contributed by atoms with Crippen molar-refractivity contribution < 1.29 is 14.7 Å². The molecule has 5 nitrogen and oxygen atoms in total. The van der Waals surface area contributed by atoms with Crippen LogP contribution in [0.4, 0.5) is 10.5 Å². The van der Waals surface area contributed by atoms with Gasteiger partial charge in [0.25, 0.3) is 0 Å². The number of benzene rings is 1. The number of carboxylic acid groups (broad SMARTS) is 1. The second-order valence-electron chi connectivity index (χ2n) is 4.76. The first-order valence-corrected chi connectivity index (χ1v) is 6.63. The molecule has 1 aromatic carbocycles. The van der Waals surface area contributed by atoms with E-state index in [1.54, 1.807) is 35.2 Å². The van der Waals surface area contributed by atoms with Crippen LogP contribution in [0.25, 0.3) is 6.08 Å². The highest BCUT2D eigenvalue weighted by Crippen LogP contribution is 2.13. The molecular formula is C16H20N2O3. The number of carbonyl (C=O) groups is 2. The Morgan fingerprint density at radius 2 is 2.14 bits per heavy atom. The Morgan fingerprint density at radius 3 is 2.71 bits per heavy atom. The molecule has 0 atom stereocenters. The zero-order valence-electron chi connectivity index (χ0n) is 12.2. The molecule has 0 radical (unpaired) electrons. The lowest BCUT2D eigenvalue weighted by Gasteiger charge is -2.25. The lowest BCUT2D eigenvalue weighted by Crippen LogP contribution is -2.40. The highest BCUT2D eigenvalue weighted by atomic mass is 16.4. The number of aliphatic carboxylic acids is 1. The van der Waals surface area contributed by atoms with Gasteiger partial charge in [0.15, 0.2) is 0 Å². The highest BCUT2D eigenvalue weighted by Gasteiger charge is 2.15. The van der Waals surface area contributed by atoms with E-state index < -0.39 is 5.97 Å². The number of urea groups is 1. The lowest BCUT2D eigenvalue weighted by atomic mass is 10.2. The van der Waals surface area contributed by atoms with E-state index in [-0.39, 0.29) is 12.1 Å². The van der Waals surface area contributed by atoms with Gasteiger partial charge in [0.2, 0.25) is 0 Å². The summed E-state index contributed by atoms with van der Waals surface area (Å²) in [5.74, 6) is -1.01. The first kappa shape index (κ1) is 16.5. The van der Waals surface area contributed by atoms with Crippen molar-refractivity contribution in [3.8, 4) is 0 Å². The van der Waals surface area contributed by atoms with Gasteiger partial charge in [-0.15, -0.1) is 6.58 Å². The van der Waals surface area contributed by atoms with Gasteiger partial charge in [-0.3, -0.25) is 0 Å². The Kier molecular flexibility index (Phi) is 6.20. The van der Waals surface area contributed by atoms with Gasteiger partial charge < -0.3 is 15.3 Å². The molecule has 112 valence electrons. The summed E-state index contributed by atoms with van der Waals surface area (Å²) in [6, 6.07) is 6.82. The largest absolute Gasteiger partial charge is 0.478 e. The van der Waals surface area contributed by atoms with Gasteiger partial charge in [-0.25, -0.2) is 9.59 Å². The fraction of sp³-hybridized carbons (Fsp3) is 0.250. The second kappa shape index (κ2) is 7.89. The molecule has 0 aromatic heterocycles. The van der Waals surface area contributed by atoms with Crippen LogP contribution in [0.5, 0.6) is 0 Å². The molecule has 1 rings (SSSR count). The summed E-state index contributed by atoms with van der Waals surface area (Å²) < 4.78 is 0. The van der Waals surface area contributed by atoms with E-state index in [0.717, 1.165) is 6.08 Å². The van der Waals surface area contributed by atoms with Crippen molar-refractivity contribution in [1.29, 1.82) is 0 Å². The van der Waals surface area contributed by atoms with Gasteiger partial charge in [-0.1, -0.05) is 18.2 Å². The third-order valence-corrected chi connectivity index (χ3v) is 2.77. The average Bonchev–Trinajstić information content (AvgIpc) is 2.42. The normalized spacial score (nSPS) is 10.6. The standard InChI is InChI=1S/C16H20N2O3/c1-4-10-18(12(2)3)16(21)17-14-7-5-6-13(11-14)8-9-15(19)20/h4-9,11-12H,1,10H2,2-3H3,(H,17,21)(H,19,20)/b9-8+. The molecule has 0 spiro atoms. The van der Waals surface area contributed by atoms with Crippen LogP contribution in [-0.2, 0) is 4.79 Å². The van der Waals surface area contributed by atoms with E-state index in [2.05, 4.69) is 11.9 Å². The fourth-order valence-electron chi connectivity index (χ4n) is 1.75. The van der Waals surface area contributed by atoms with E-state index in [1.807, 2.05) is 13.8 Å². The van der Waals surface area contributed by atoms with Crippen LogP contribution in [0.3, 0.4) is 0 Å². The summed E-state index contributed by atoms with van der Waals surface area (Å²) in [7, 11) is 0. The Morgan fingerprint density at radius 1 is 1.43 bits per heavy atom. The maximum absolute atomic E-state index is 12.2. The summed E-state index contributed by atoms with van der Waals surface area (Å²) >= 11 is 0. The molecule has 0 fully saturated rings. The van der Waals surface area contributed by atoms with Gasteiger partial charge in [0, 0.05) is 24.4 Å². The van der Waals surface area contributed by atoms with E-state index in [9.17, 15) is 9.59 Å². The zero-order chi connectivity index (χ0) is 15.8. The number of nitrogens with one attached hydrogen (secondary N) is 1. The van der Waals surface area contributed by atoms with Crippen molar-refractivity contribution in [3.05, 3.63) is 48.6 Å². The minimum Gasteiger partial charge on any atom is -0.478 e. The third kappa shape index (κ3) is 5.52. The quantitative estimate of drug-likeness (QED) is 0.624. The minimum atomic E-state index is -1.01. The number of nitrogens with zero attached hydrogens (tertiary/aromatic N) is 1. The summed E-state index contributed by atoms with van der Waals surface area (Å²) in [5.41, 5.74) is 1.32. The second-order valence-corrected chi connectivity index (χ2v) is 4.76. The molecule has 0 saturated heterocycles. The average molecular weight is 288 g/mol. The van der Waals surface area contributed by atoms with Crippen molar-refractivity contribution in [1.82, 2.24) is 4.90 Å². The van der Waals surface area contributed by atoms with Crippen LogP contribution in [0.2, 0.25) is 0 Å². The van der Waals surface area contributed by atoms with Crippen molar-refractivity contribution >= 4 is 23.8 Å². The lowest BCUT2D eigenvalue weighted by molar-refractivity contribution is -0.131. The maximum atomic E-state index is 12.2. The highest BCUT2D eigenvalue weighted by molar-refractivity contribution is 5.90. The SMILES string of the molecule is C=CCN(C(=O)Nc1cccc(/C=C/C(=O)O)c1)C(C)C. The molecule has 21 heavy (non-hydrogen) atoms. The van der Waals surface area contributed by atoms with Crippen LogP contribution >= 0.6 is 0 Å². The number of rotatable bonds is 6. The predicted octanol–water partition coefficient (Wildman–Crippen LogP) is 3.21. The van der Waals surface area contributed by atoms with Crippen LogP contribution < -0.4 is 5.32 Å². The molecule has 2 amide bonds. The van der Waals surface area contributed by atoms with Crippen molar-refractivity contribution in [2.24, 2.45) is 0 Å². The topological polar surface area (TPSA) is 69.6 Å². The number of hydrogen-bond acceptors (Lipinski definition) is 2.